The Hall–Kier alpha value is -2.86. The van der Waals surface area contributed by atoms with Gasteiger partial charge in [0.25, 0.3) is 5.91 Å². The maximum atomic E-state index is 12.9. The normalized spacial score (nSPS) is 15.3. The highest BCUT2D eigenvalue weighted by Crippen LogP contribution is 2.26. The summed E-state index contributed by atoms with van der Waals surface area (Å²) in [6.07, 6.45) is -1.07. The number of carbonyl (C=O) groups excluding carboxylic acids is 2. The number of rotatable bonds is 4. The molecule has 0 bridgehead atoms. The van der Waals surface area contributed by atoms with Gasteiger partial charge >= 0.3 is 5.97 Å². The van der Waals surface area contributed by atoms with Crippen LogP contribution in [0.5, 0.6) is 5.75 Å². The number of aryl methyl sites for hydroxylation is 1. The van der Waals surface area contributed by atoms with E-state index in [1.165, 1.54) is 6.07 Å². The zero-order valence-corrected chi connectivity index (χ0v) is 14.6. The highest BCUT2D eigenvalue weighted by Gasteiger charge is 2.31. The van der Waals surface area contributed by atoms with E-state index in [0.717, 1.165) is 5.56 Å². The Kier molecular flexibility index (Phi) is 5.53. The molecule has 6 heteroatoms. The van der Waals surface area contributed by atoms with Crippen molar-refractivity contribution < 1.29 is 24.2 Å². The molecule has 6 nitrogen and oxygen atoms in total. The third-order valence-corrected chi connectivity index (χ3v) is 4.25. The van der Waals surface area contributed by atoms with Crippen LogP contribution < -0.4 is 0 Å². The zero-order valence-electron chi connectivity index (χ0n) is 14.6. The molecule has 1 aliphatic rings. The van der Waals surface area contributed by atoms with Crippen LogP contribution in [0.25, 0.3) is 0 Å². The lowest BCUT2D eigenvalue weighted by Gasteiger charge is -2.30. The maximum absolute atomic E-state index is 12.9. The number of morpholine rings is 1. The molecule has 0 saturated carbocycles. The topological polar surface area (TPSA) is 76.1 Å². The minimum absolute atomic E-state index is 0.0423. The van der Waals surface area contributed by atoms with Crippen molar-refractivity contribution in [3.05, 3.63) is 65.2 Å². The lowest BCUT2D eigenvalue weighted by molar-refractivity contribution is -0.145. The van der Waals surface area contributed by atoms with Gasteiger partial charge in [0.1, 0.15) is 11.3 Å². The summed E-state index contributed by atoms with van der Waals surface area (Å²) in [4.78, 5) is 27.2. The summed E-state index contributed by atoms with van der Waals surface area (Å²) in [6, 6.07) is 13.6. The molecule has 2 aromatic rings. The first-order valence-electron chi connectivity index (χ1n) is 8.48. The van der Waals surface area contributed by atoms with Gasteiger partial charge in [0, 0.05) is 18.7 Å². The van der Waals surface area contributed by atoms with E-state index >= 15 is 0 Å². The summed E-state index contributed by atoms with van der Waals surface area (Å²) in [5.41, 5.74) is 1.44. The van der Waals surface area contributed by atoms with Gasteiger partial charge in [-0.25, -0.2) is 4.79 Å². The molecule has 1 saturated heterocycles. The van der Waals surface area contributed by atoms with Crippen molar-refractivity contribution in [2.24, 2.45) is 0 Å². The van der Waals surface area contributed by atoms with Gasteiger partial charge < -0.3 is 19.5 Å². The van der Waals surface area contributed by atoms with Gasteiger partial charge in [-0.05, 0) is 19.1 Å². The summed E-state index contributed by atoms with van der Waals surface area (Å²) in [5.74, 6) is -1.20. The number of hydrogen-bond donors (Lipinski definition) is 1. The molecule has 26 heavy (non-hydrogen) atoms. The Morgan fingerprint density at radius 2 is 1.81 bits per heavy atom. The van der Waals surface area contributed by atoms with Crippen molar-refractivity contribution in [1.29, 1.82) is 0 Å². The smallest absolute Gasteiger partial charge is 0.343 e. The van der Waals surface area contributed by atoms with E-state index in [4.69, 9.17) is 9.47 Å². The first-order chi connectivity index (χ1) is 12.6. The fraction of sp³-hybridized carbons (Fsp3) is 0.300. The molecule has 0 aromatic heterocycles. The molecule has 136 valence electrons. The van der Waals surface area contributed by atoms with Crippen molar-refractivity contribution in [3.63, 3.8) is 0 Å². The molecular weight excluding hydrogens is 334 g/mol. The third-order valence-electron chi connectivity index (χ3n) is 4.25. The molecular formula is C20H21NO5. The Labute approximate surface area is 152 Å². The first-order valence-corrected chi connectivity index (χ1v) is 8.48. The van der Waals surface area contributed by atoms with Crippen LogP contribution in [0.1, 0.15) is 27.6 Å². The second-order valence-electron chi connectivity index (χ2n) is 6.15. The number of benzene rings is 2. The van der Waals surface area contributed by atoms with Crippen molar-refractivity contribution >= 4 is 11.9 Å². The number of carbonyl (C=O) groups is 2. The van der Waals surface area contributed by atoms with Gasteiger partial charge in [0.15, 0.2) is 0 Å². The Morgan fingerprint density at radius 1 is 1.12 bits per heavy atom. The lowest BCUT2D eigenvalue weighted by Crippen LogP contribution is -2.44. The number of phenolic OH excluding ortho intramolecular Hbond substituents is 1. The minimum Gasteiger partial charge on any atom is -0.507 e. The van der Waals surface area contributed by atoms with Gasteiger partial charge in [0.05, 0.1) is 13.2 Å². The average molecular weight is 355 g/mol. The van der Waals surface area contributed by atoms with E-state index in [2.05, 4.69) is 0 Å². The summed E-state index contributed by atoms with van der Waals surface area (Å²) >= 11 is 0. The quantitative estimate of drug-likeness (QED) is 0.853. The van der Waals surface area contributed by atoms with E-state index in [1.54, 1.807) is 41.3 Å². The largest absolute Gasteiger partial charge is 0.507 e. The number of aromatic hydroxyl groups is 1. The predicted molar refractivity (Wildman–Crippen MR) is 94.8 cm³/mol. The van der Waals surface area contributed by atoms with Gasteiger partial charge in [-0.2, -0.15) is 0 Å². The standard InChI is InChI=1S/C20H21NO5/c1-14-7-8-17(22)16(13-14)20(24)26-18(15-5-3-2-4-6-15)19(23)21-9-11-25-12-10-21/h2-8,13,18,22H,9-12H2,1H3/t18-/m1/s1. The fourth-order valence-corrected chi connectivity index (χ4v) is 2.82. The van der Waals surface area contributed by atoms with Crippen molar-refractivity contribution in [3.8, 4) is 5.75 Å². The number of nitrogens with zero attached hydrogens (tertiary/aromatic N) is 1. The van der Waals surface area contributed by atoms with Crippen LogP contribution in [0.4, 0.5) is 0 Å². The van der Waals surface area contributed by atoms with Crippen LogP contribution in [-0.4, -0.2) is 48.2 Å². The summed E-state index contributed by atoms with van der Waals surface area (Å²) < 4.78 is 10.8. The Bertz CT molecular complexity index is 784. The summed E-state index contributed by atoms with van der Waals surface area (Å²) in [7, 11) is 0. The van der Waals surface area contributed by atoms with Crippen LogP contribution in [0.15, 0.2) is 48.5 Å². The molecule has 0 unspecified atom stereocenters. The van der Waals surface area contributed by atoms with Gasteiger partial charge in [-0.1, -0.05) is 42.0 Å². The van der Waals surface area contributed by atoms with Crippen LogP contribution in [0.2, 0.25) is 0 Å². The van der Waals surface area contributed by atoms with Crippen LogP contribution >= 0.6 is 0 Å². The monoisotopic (exact) mass is 355 g/mol. The molecule has 2 aromatic carbocycles. The summed E-state index contributed by atoms with van der Waals surface area (Å²) in [6.45, 7) is 3.63. The van der Waals surface area contributed by atoms with Crippen molar-refractivity contribution in [2.75, 3.05) is 26.3 Å². The minimum atomic E-state index is -1.07. The number of hydrogen-bond acceptors (Lipinski definition) is 5. The molecule has 1 atom stereocenters. The average Bonchev–Trinajstić information content (AvgIpc) is 2.68. The lowest BCUT2D eigenvalue weighted by atomic mass is 10.1. The third kappa shape index (κ3) is 4.03. The van der Waals surface area contributed by atoms with E-state index < -0.39 is 12.1 Å². The molecule has 1 N–H and O–H groups in total. The van der Waals surface area contributed by atoms with Crippen LogP contribution in [0.3, 0.4) is 0 Å². The SMILES string of the molecule is Cc1ccc(O)c(C(=O)O[C@@H](C(=O)N2CCOCC2)c2ccccc2)c1. The molecule has 1 heterocycles. The van der Waals surface area contributed by atoms with Crippen molar-refractivity contribution in [1.82, 2.24) is 4.90 Å². The number of ether oxygens (including phenoxy) is 2. The predicted octanol–water partition coefficient (Wildman–Crippen LogP) is 2.46. The molecule has 3 rings (SSSR count). The second kappa shape index (κ2) is 8.01. The molecule has 1 fully saturated rings. The zero-order chi connectivity index (χ0) is 18.5. The Morgan fingerprint density at radius 3 is 2.50 bits per heavy atom. The molecule has 0 spiro atoms. The van der Waals surface area contributed by atoms with E-state index in [1.807, 2.05) is 13.0 Å². The first kappa shape index (κ1) is 17.9. The molecule has 0 aliphatic carbocycles. The fourth-order valence-electron chi connectivity index (χ4n) is 2.82. The number of esters is 1. The van der Waals surface area contributed by atoms with Gasteiger partial charge in [0.2, 0.25) is 6.10 Å². The second-order valence-corrected chi connectivity index (χ2v) is 6.15. The summed E-state index contributed by atoms with van der Waals surface area (Å²) in [5, 5.41) is 9.96. The van der Waals surface area contributed by atoms with Gasteiger partial charge in [-0.15, -0.1) is 0 Å². The maximum Gasteiger partial charge on any atom is 0.343 e. The van der Waals surface area contributed by atoms with Crippen LogP contribution in [0, 0.1) is 6.92 Å². The Balaban J connectivity index is 1.87. The number of phenols is 1. The van der Waals surface area contributed by atoms with Gasteiger partial charge in [-0.3, -0.25) is 4.79 Å². The highest BCUT2D eigenvalue weighted by molar-refractivity contribution is 5.95. The van der Waals surface area contributed by atoms with Crippen molar-refractivity contribution in [2.45, 2.75) is 13.0 Å². The van der Waals surface area contributed by atoms with E-state index in [-0.39, 0.29) is 17.2 Å². The molecule has 0 radical (unpaired) electrons. The molecule has 1 amide bonds. The molecule has 1 aliphatic heterocycles. The number of amides is 1. The highest BCUT2D eigenvalue weighted by atomic mass is 16.5. The van der Waals surface area contributed by atoms with E-state index in [9.17, 15) is 14.7 Å². The van der Waals surface area contributed by atoms with E-state index in [0.29, 0.717) is 31.9 Å². The van der Waals surface area contributed by atoms with Crippen LogP contribution in [-0.2, 0) is 14.3 Å².